The van der Waals surface area contributed by atoms with Gasteiger partial charge in [0.25, 0.3) is 5.91 Å². The first kappa shape index (κ1) is 19.8. The van der Waals surface area contributed by atoms with Crippen LogP contribution in [0.15, 0.2) is 39.5 Å². The molecule has 1 unspecified atom stereocenters. The van der Waals surface area contributed by atoms with Crippen LogP contribution in [0.2, 0.25) is 0 Å². The molecule has 1 N–H and O–H groups in total. The standard InChI is InChI=1S/C21H23N5O4/c1-13-6-4-5-7-16(13)17-10-15(29-24-17)11-21(20(28)22-3)8-9-26(12-21)19(27)18-14(2)23-30-25-18/h4-7,10H,8-9,11-12H2,1-3H3,(H,22,28). The molecule has 3 heterocycles. The summed E-state index contributed by atoms with van der Waals surface area (Å²) in [5.74, 6) is 0.171. The number of nitrogens with one attached hydrogen (secondary N) is 1. The maximum absolute atomic E-state index is 12.8. The van der Waals surface area contributed by atoms with Crippen molar-refractivity contribution in [3.05, 3.63) is 53.0 Å². The van der Waals surface area contributed by atoms with Crippen LogP contribution in [0.4, 0.5) is 0 Å². The van der Waals surface area contributed by atoms with Crippen molar-refractivity contribution in [2.75, 3.05) is 20.1 Å². The zero-order chi connectivity index (χ0) is 21.3. The first-order valence-corrected chi connectivity index (χ1v) is 9.76. The molecule has 0 saturated carbocycles. The van der Waals surface area contributed by atoms with Crippen LogP contribution in [0.5, 0.6) is 0 Å². The monoisotopic (exact) mass is 409 g/mol. The Kier molecular flexibility index (Phi) is 5.11. The number of hydrogen-bond donors (Lipinski definition) is 1. The van der Waals surface area contributed by atoms with E-state index in [0.717, 1.165) is 16.8 Å². The largest absolute Gasteiger partial charge is 0.361 e. The molecule has 1 aliphatic rings. The second-order valence-corrected chi connectivity index (χ2v) is 7.70. The van der Waals surface area contributed by atoms with E-state index >= 15 is 0 Å². The van der Waals surface area contributed by atoms with Crippen molar-refractivity contribution >= 4 is 11.8 Å². The van der Waals surface area contributed by atoms with Gasteiger partial charge in [-0.05, 0) is 31.0 Å². The molecule has 2 amide bonds. The lowest BCUT2D eigenvalue weighted by Crippen LogP contribution is -2.44. The minimum atomic E-state index is -0.808. The SMILES string of the molecule is CNC(=O)C1(Cc2cc(-c3ccccc3C)no2)CCN(C(=O)c2nonc2C)C1. The Morgan fingerprint density at radius 3 is 2.70 bits per heavy atom. The maximum atomic E-state index is 12.8. The highest BCUT2D eigenvalue weighted by Crippen LogP contribution is 2.36. The van der Waals surface area contributed by atoms with Gasteiger partial charge >= 0.3 is 0 Å². The average Bonchev–Trinajstić information content (AvgIpc) is 3.48. The molecule has 30 heavy (non-hydrogen) atoms. The number of amides is 2. The van der Waals surface area contributed by atoms with Gasteiger partial charge < -0.3 is 14.7 Å². The highest BCUT2D eigenvalue weighted by molar-refractivity contribution is 5.94. The molecule has 0 radical (unpaired) electrons. The van der Waals surface area contributed by atoms with Crippen molar-refractivity contribution in [1.82, 2.24) is 25.7 Å². The number of carbonyl (C=O) groups is 2. The van der Waals surface area contributed by atoms with Crippen molar-refractivity contribution in [3.63, 3.8) is 0 Å². The summed E-state index contributed by atoms with van der Waals surface area (Å²) in [7, 11) is 1.60. The molecule has 1 aliphatic heterocycles. The Labute approximate surface area is 173 Å². The van der Waals surface area contributed by atoms with Crippen molar-refractivity contribution < 1.29 is 18.7 Å². The number of aromatic nitrogens is 3. The molecule has 0 bridgehead atoms. The Morgan fingerprint density at radius 1 is 1.20 bits per heavy atom. The third-order valence-corrected chi connectivity index (χ3v) is 5.70. The minimum Gasteiger partial charge on any atom is -0.361 e. The maximum Gasteiger partial charge on any atom is 0.278 e. The van der Waals surface area contributed by atoms with Crippen molar-refractivity contribution in [2.24, 2.45) is 5.41 Å². The van der Waals surface area contributed by atoms with Gasteiger partial charge in [0.05, 0.1) is 5.41 Å². The molecule has 4 rings (SSSR count). The topological polar surface area (TPSA) is 114 Å². The fourth-order valence-electron chi connectivity index (χ4n) is 4.01. The van der Waals surface area contributed by atoms with E-state index in [2.05, 4.69) is 25.4 Å². The quantitative estimate of drug-likeness (QED) is 0.687. The fourth-order valence-corrected chi connectivity index (χ4v) is 4.01. The van der Waals surface area contributed by atoms with E-state index in [-0.39, 0.29) is 24.1 Å². The molecule has 3 aromatic rings. The van der Waals surface area contributed by atoms with Gasteiger partial charge in [0.2, 0.25) is 5.91 Å². The van der Waals surface area contributed by atoms with Crippen LogP contribution < -0.4 is 5.32 Å². The molecule has 1 fully saturated rings. The normalized spacial score (nSPS) is 18.6. The van der Waals surface area contributed by atoms with Crippen LogP contribution in [0.3, 0.4) is 0 Å². The van der Waals surface area contributed by atoms with E-state index in [1.165, 1.54) is 0 Å². The Hall–Kier alpha value is -3.49. The fraction of sp³-hybridized carbons (Fsp3) is 0.381. The summed E-state index contributed by atoms with van der Waals surface area (Å²) in [4.78, 5) is 27.2. The number of carbonyl (C=O) groups excluding carboxylic acids is 2. The molecular weight excluding hydrogens is 386 g/mol. The van der Waals surface area contributed by atoms with E-state index in [1.807, 2.05) is 37.3 Å². The Morgan fingerprint density at radius 2 is 2.00 bits per heavy atom. The summed E-state index contributed by atoms with van der Waals surface area (Å²) in [5.41, 5.74) is 2.59. The Bertz CT molecular complexity index is 1090. The van der Waals surface area contributed by atoms with Gasteiger partial charge in [-0.25, -0.2) is 4.63 Å². The molecular formula is C21H23N5O4. The third-order valence-electron chi connectivity index (χ3n) is 5.70. The number of likely N-dealkylation sites (tertiary alicyclic amines) is 1. The van der Waals surface area contributed by atoms with Gasteiger partial charge in [0, 0.05) is 38.2 Å². The van der Waals surface area contributed by atoms with Crippen LogP contribution in [0.25, 0.3) is 11.3 Å². The van der Waals surface area contributed by atoms with Crippen LogP contribution in [-0.2, 0) is 11.2 Å². The van der Waals surface area contributed by atoms with Crippen LogP contribution in [0.1, 0.15) is 33.9 Å². The summed E-state index contributed by atoms with van der Waals surface area (Å²) in [6.45, 7) is 4.35. The van der Waals surface area contributed by atoms with Crippen LogP contribution in [-0.4, -0.2) is 52.3 Å². The van der Waals surface area contributed by atoms with E-state index < -0.39 is 5.41 Å². The van der Waals surface area contributed by atoms with Gasteiger partial charge in [0.1, 0.15) is 17.1 Å². The smallest absolute Gasteiger partial charge is 0.278 e. The molecule has 9 heteroatoms. The molecule has 0 spiro atoms. The van der Waals surface area contributed by atoms with Gasteiger partial charge in [0.15, 0.2) is 5.69 Å². The number of rotatable bonds is 5. The highest BCUT2D eigenvalue weighted by atomic mass is 16.6. The number of benzene rings is 1. The summed E-state index contributed by atoms with van der Waals surface area (Å²) in [6.07, 6.45) is 0.842. The van der Waals surface area contributed by atoms with Crippen LogP contribution >= 0.6 is 0 Å². The third kappa shape index (κ3) is 3.47. The summed E-state index contributed by atoms with van der Waals surface area (Å²) >= 11 is 0. The first-order valence-electron chi connectivity index (χ1n) is 9.76. The van der Waals surface area contributed by atoms with Gasteiger partial charge in [-0.2, -0.15) is 0 Å². The van der Waals surface area contributed by atoms with E-state index in [4.69, 9.17) is 4.52 Å². The highest BCUT2D eigenvalue weighted by Gasteiger charge is 2.47. The van der Waals surface area contributed by atoms with Gasteiger partial charge in [-0.15, -0.1) is 0 Å². The molecule has 0 aliphatic carbocycles. The molecule has 1 aromatic carbocycles. The lowest BCUT2D eigenvalue weighted by molar-refractivity contribution is -0.130. The number of hydrogen-bond acceptors (Lipinski definition) is 7. The molecule has 9 nitrogen and oxygen atoms in total. The van der Waals surface area contributed by atoms with E-state index in [0.29, 0.717) is 30.8 Å². The lowest BCUT2D eigenvalue weighted by atomic mass is 9.81. The summed E-state index contributed by atoms with van der Waals surface area (Å²) in [5, 5.41) is 14.3. The average molecular weight is 409 g/mol. The molecule has 156 valence electrons. The molecule has 2 aromatic heterocycles. The van der Waals surface area contributed by atoms with E-state index in [1.54, 1.807) is 18.9 Å². The summed E-state index contributed by atoms with van der Waals surface area (Å²) < 4.78 is 10.2. The first-order chi connectivity index (χ1) is 14.4. The number of nitrogens with zero attached hydrogens (tertiary/aromatic N) is 4. The number of aryl methyl sites for hydroxylation is 2. The second-order valence-electron chi connectivity index (χ2n) is 7.70. The van der Waals surface area contributed by atoms with Gasteiger partial charge in [-0.3, -0.25) is 9.59 Å². The minimum absolute atomic E-state index is 0.137. The predicted molar refractivity (Wildman–Crippen MR) is 106 cm³/mol. The Balaban J connectivity index is 1.57. The second kappa shape index (κ2) is 7.74. The molecule has 1 atom stereocenters. The molecule has 1 saturated heterocycles. The van der Waals surface area contributed by atoms with Crippen molar-refractivity contribution in [3.8, 4) is 11.3 Å². The van der Waals surface area contributed by atoms with E-state index in [9.17, 15) is 9.59 Å². The zero-order valence-corrected chi connectivity index (χ0v) is 17.1. The zero-order valence-electron chi connectivity index (χ0n) is 17.1. The van der Waals surface area contributed by atoms with Crippen LogP contribution in [0, 0.1) is 19.3 Å². The predicted octanol–water partition coefficient (Wildman–Crippen LogP) is 2.16. The van der Waals surface area contributed by atoms with Crippen molar-refractivity contribution in [1.29, 1.82) is 0 Å². The lowest BCUT2D eigenvalue weighted by Gasteiger charge is -2.26. The van der Waals surface area contributed by atoms with Gasteiger partial charge in [-0.1, -0.05) is 34.6 Å². The van der Waals surface area contributed by atoms with Crippen molar-refractivity contribution in [2.45, 2.75) is 26.7 Å². The summed E-state index contributed by atoms with van der Waals surface area (Å²) in [6, 6.07) is 9.77.